The van der Waals surface area contributed by atoms with Gasteiger partial charge in [0.05, 0.1) is 12.2 Å². The number of allylic oxidation sites excluding steroid dienone is 1. The molecule has 28 heavy (non-hydrogen) atoms. The lowest BCUT2D eigenvalue weighted by atomic mass is 9.47. The maximum atomic E-state index is 10.2. The van der Waals surface area contributed by atoms with Gasteiger partial charge in [-0.25, -0.2) is 0 Å². The molecule has 2 heteroatoms. The molecule has 0 radical (unpaired) electrons. The van der Waals surface area contributed by atoms with Crippen molar-refractivity contribution in [3.8, 4) is 0 Å². The Balaban J connectivity index is 1.49. The van der Waals surface area contributed by atoms with Gasteiger partial charge in [0.15, 0.2) is 0 Å². The van der Waals surface area contributed by atoms with Gasteiger partial charge in [-0.05, 0) is 112 Å². The lowest BCUT2D eigenvalue weighted by molar-refractivity contribution is -0.0590. The van der Waals surface area contributed by atoms with Gasteiger partial charge in [-0.3, -0.25) is 0 Å². The Kier molecular flexibility index (Phi) is 5.77. The average molecular weight is 389 g/mol. The van der Waals surface area contributed by atoms with Gasteiger partial charge in [0.1, 0.15) is 0 Å². The van der Waals surface area contributed by atoms with E-state index in [0.717, 1.165) is 49.0 Å². The molecule has 0 aromatic rings. The number of aliphatic hydroxyl groups is 1. The van der Waals surface area contributed by atoms with Crippen LogP contribution in [0.1, 0.15) is 92.4 Å². The fourth-order valence-corrected chi connectivity index (χ4v) is 8.31. The van der Waals surface area contributed by atoms with Gasteiger partial charge in [0.2, 0.25) is 0 Å². The first-order valence-corrected chi connectivity index (χ1v) is 12.2. The van der Waals surface area contributed by atoms with Crippen LogP contribution >= 0.6 is 0 Å². The van der Waals surface area contributed by atoms with Gasteiger partial charge in [-0.2, -0.15) is 0 Å². The van der Waals surface area contributed by atoms with Crippen molar-refractivity contribution in [2.24, 2.45) is 40.4 Å². The summed E-state index contributed by atoms with van der Waals surface area (Å²) in [6, 6.07) is 0. The molecule has 8 atom stereocenters. The van der Waals surface area contributed by atoms with E-state index in [1.54, 1.807) is 5.57 Å². The molecule has 160 valence electrons. The van der Waals surface area contributed by atoms with Crippen LogP contribution in [0.3, 0.4) is 0 Å². The third kappa shape index (κ3) is 3.41. The number of ether oxygens (including phenoxy) is 1. The second-order valence-electron chi connectivity index (χ2n) is 11.6. The minimum Gasteiger partial charge on any atom is -0.393 e. The molecule has 3 fully saturated rings. The smallest absolute Gasteiger partial charge is 0.0577 e. The van der Waals surface area contributed by atoms with Crippen molar-refractivity contribution in [3.05, 3.63) is 11.6 Å². The van der Waals surface area contributed by atoms with E-state index in [2.05, 4.69) is 40.7 Å². The fourth-order valence-electron chi connectivity index (χ4n) is 8.31. The first kappa shape index (κ1) is 20.9. The lowest BCUT2D eigenvalue weighted by Gasteiger charge is -2.58. The fraction of sp³-hybridized carbons (Fsp3) is 0.923. The van der Waals surface area contributed by atoms with Crippen molar-refractivity contribution < 1.29 is 9.84 Å². The Labute approximate surface area is 173 Å². The summed E-state index contributed by atoms with van der Waals surface area (Å²) in [7, 11) is 0. The topological polar surface area (TPSA) is 29.5 Å². The van der Waals surface area contributed by atoms with Crippen LogP contribution in [-0.2, 0) is 4.74 Å². The Morgan fingerprint density at radius 3 is 2.61 bits per heavy atom. The van der Waals surface area contributed by atoms with E-state index in [9.17, 15) is 5.11 Å². The van der Waals surface area contributed by atoms with Crippen LogP contribution in [0.15, 0.2) is 11.6 Å². The summed E-state index contributed by atoms with van der Waals surface area (Å²) in [6.07, 6.45) is 14.2. The van der Waals surface area contributed by atoms with E-state index in [4.69, 9.17) is 4.74 Å². The highest BCUT2D eigenvalue weighted by Crippen LogP contribution is 2.67. The van der Waals surface area contributed by atoms with Gasteiger partial charge in [0.25, 0.3) is 0 Å². The van der Waals surface area contributed by atoms with E-state index < -0.39 is 0 Å². The first-order chi connectivity index (χ1) is 13.3. The van der Waals surface area contributed by atoms with E-state index in [1.165, 1.54) is 44.9 Å². The minimum atomic E-state index is -0.0884. The van der Waals surface area contributed by atoms with Crippen LogP contribution < -0.4 is 0 Å². The second kappa shape index (κ2) is 7.73. The number of rotatable bonds is 5. The summed E-state index contributed by atoms with van der Waals surface area (Å²) >= 11 is 0. The van der Waals surface area contributed by atoms with Crippen LogP contribution in [-0.4, -0.2) is 23.9 Å². The molecule has 3 saturated carbocycles. The maximum absolute atomic E-state index is 10.2. The summed E-state index contributed by atoms with van der Waals surface area (Å²) < 4.78 is 5.88. The second-order valence-corrected chi connectivity index (χ2v) is 11.6. The molecular weight excluding hydrogens is 344 g/mol. The molecule has 0 saturated heterocycles. The third-order valence-electron chi connectivity index (χ3n) is 9.86. The van der Waals surface area contributed by atoms with E-state index in [0.29, 0.717) is 16.9 Å². The number of hydrogen-bond donors (Lipinski definition) is 1. The third-order valence-corrected chi connectivity index (χ3v) is 9.86. The molecule has 0 bridgehead atoms. The molecule has 1 N–H and O–H groups in total. The molecule has 2 nitrogen and oxygen atoms in total. The summed E-state index contributed by atoms with van der Waals surface area (Å²) in [6.45, 7) is 12.9. The van der Waals surface area contributed by atoms with Crippen molar-refractivity contribution in [1.82, 2.24) is 0 Å². The van der Waals surface area contributed by atoms with Gasteiger partial charge < -0.3 is 9.84 Å². The largest absolute Gasteiger partial charge is 0.393 e. The molecule has 4 aliphatic carbocycles. The maximum Gasteiger partial charge on any atom is 0.0577 e. The normalized spacial score (nSPS) is 46.5. The Morgan fingerprint density at radius 2 is 1.86 bits per heavy atom. The quantitative estimate of drug-likeness (QED) is 0.554. The standard InChI is InChI=1S/C26H44O2/c1-17(2)28-15-12-18(3)22-8-9-23-21-7-6-19-16-20(27)10-13-25(19,4)24(21)11-14-26(22,23)5/h6,17-18,20-24,27H,7-16H2,1-5H3/t18-,20+,21+,22-,23+,24+,25+,26-/m1/s1. The van der Waals surface area contributed by atoms with Crippen molar-refractivity contribution in [2.45, 2.75) is 105 Å². The van der Waals surface area contributed by atoms with E-state index in [1.807, 2.05) is 0 Å². The predicted octanol–water partition coefficient (Wildman–Crippen LogP) is 6.38. The SMILES string of the molecule is CC(C)OCC[C@@H](C)[C@H]1CC[C@H]2[C@@H]3CC=C4C[C@@H](O)CC[C@]4(C)[C@H]3CC[C@]12C. The highest BCUT2D eigenvalue weighted by Gasteiger charge is 2.59. The molecule has 0 aromatic heterocycles. The van der Waals surface area contributed by atoms with Crippen molar-refractivity contribution in [3.63, 3.8) is 0 Å². The first-order valence-electron chi connectivity index (χ1n) is 12.2. The molecule has 0 amide bonds. The zero-order valence-corrected chi connectivity index (χ0v) is 19.0. The molecule has 4 aliphatic rings. The molecular formula is C26H44O2. The number of hydrogen-bond acceptors (Lipinski definition) is 2. The number of aliphatic hydroxyl groups excluding tert-OH is 1. The zero-order chi connectivity index (χ0) is 20.1. The molecule has 0 unspecified atom stereocenters. The van der Waals surface area contributed by atoms with E-state index in [-0.39, 0.29) is 6.10 Å². The van der Waals surface area contributed by atoms with Crippen LogP contribution in [0.25, 0.3) is 0 Å². The Morgan fingerprint density at radius 1 is 1.07 bits per heavy atom. The summed E-state index contributed by atoms with van der Waals surface area (Å²) in [5.41, 5.74) is 2.51. The summed E-state index contributed by atoms with van der Waals surface area (Å²) in [4.78, 5) is 0. The highest BCUT2D eigenvalue weighted by molar-refractivity contribution is 5.25. The van der Waals surface area contributed by atoms with Gasteiger partial charge >= 0.3 is 0 Å². The van der Waals surface area contributed by atoms with Gasteiger partial charge in [0, 0.05) is 6.61 Å². The monoisotopic (exact) mass is 388 g/mol. The molecule has 0 aromatic carbocycles. The highest BCUT2D eigenvalue weighted by atomic mass is 16.5. The zero-order valence-electron chi connectivity index (χ0n) is 19.0. The van der Waals surface area contributed by atoms with Crippen LogP contribution in [0.5, 0.6) is 0 Å². The van der Waals surface area contributed by atoms with Crippen molar-refractivity contribution >= 4 is 0 Å². The summed E-state index contributed by atoms with van der Waals surface area (Å²) in [5, 5.41) is 10.2. The lowest BCUT2D eigenvalue weighted by Crippen LogP contribution is -2.50. The molecule has 4 rings (SSSR count). The molecule has 0 spiro atoms. The molecule has 0 heterocycles. The van der Waals surface area contributed by atoms with E-state index >= 15 is 0 Å². The van der Waals surface area contributed by atoms with Gasteiger partial charge in [-0.1, -0.05) is 32.4 Å². The van der Waals surface area contributed by atoms with Crippen molar-refractivity contribution in [2.75, 3.05) is 6.61 Å². The number of fused-ring (bicyclic) bond motifs is 5. The van der Waals surface area contributed by atoms with Crippen LogP contribution in [0.4, 0.5) is 0 Å². The Hall–Kier alpha value is -0.340. The Bertz CT molecular complexity index is 595. The minimum absolute atomic E-state index is 0.0884. The average Bonchev–Trinajstić information content (AvgIpc) is 2.99. The van der Waals surface area contributed by atoms with Crippen LogP contribution in [0, 0.1) is 40.4 Å². The van der Waals surface area contributed by atoms with Crippen molar-refractivity contribution in [1.29, 1.82) is 0 Å². The predicted molar refractivity (Wildman–Crippen MR) is 116 cm³/mol. The molecule has 0 aliphatic heterocycles. The summed E-state index contributed by atoms with van der Waals surface area (Å²) in [5.74, 6) is 4.30. The van der Waals surface area contributed by atoms with Gasteiger partial charge in [-0.15, -0.1) is 0 Å². The van der Waals surface area contributed by atoms with Crippen LogP contribution in [0.2, 0.25) is 0 Å².